The molecule has 1 fully saturated rings. The minimum Gasteiger partial charge on any atom is -0.465 e. The summed E-state index contributed by atoms with van der Waals surface area (Å²) in [7, 11) is 1.34. The van der Waals surface area contributed by atoms with Gasteiger partial charge in [0.15, 0.2) is 6.54 Å². The van der Waals surface area contributed by atoms with Gasteiger partial charge in [0, 0.05) is 24.9 Å². The van der Waals surface area contributed by atoms with E-state index in [2.05, 4.69) is 10.1 Å². The first kappa shape index (κ1) is 19.0. The zero-order valence-corrected chi connectivity index (χ0v) is 15.3. The van der Waals surface area contributed by atoms with Gasteiger partial charge < -0.3 is 15.0 Å². The third kappa shape index (κ3) is 5.62. The van der Waals surface area contributed by atoms with Gasteiger partial charge in [-0.2, -0.15) is 0 Å². The first-order valence-electron chi connectivity index (χ1n) is 9.08. The summed E-state index contributed by atoms with van der Waals surface area (Å²) in [5.74, 6) is -0.645. The fraction of sp³-hybridized carbons (Fsp3) is 0.333. The van der Waals surface area contributed by atoms with Crippen molar-refractivity contribution in [3.63, 3.8) is 0 Å². The molecule has 142 valence electrons. The number of quaternary nitrogens is 1. The highest BCUT2D eigenvalue weighted by Gasteiger charge is 2.34. The quantitative estimate of drug-likeness (QED) is 0.691. The molecule has 0 spiro atoms. The lowest BCUT2D eigenvalue weighted by Crippen LogP contribution is -3.13. The minimum atomic E-state index is -0.380. The Bertz CT molecular complexity index is 786. The van der Waals surface area contributed by atoms with Crippen molar-refractivity contribution in [1.29, 1.82) is 0 Å². The molecule has 0 aliphatic heterocycles. The number of hydrogen-bond donors (Lipinski definition) is 2. The van der Waals surface area contributed by atoms with Gasteiger partial charge in [0.05, 0.1) is 18.7 Å². The number of esters is 1. The maximum atomic E-state index is 13.1. The third-order valence-electron chi connectivity index (χ3n) is 4.75. The number of benzene rings is 2. The van der Waals surface area contributed by atoms with Crippen LogP contribution in [0, 0.1) is 5.82 Å². The second kappa shape index (κ2) is 8.77. The van der Waals surface area contributed by atoms with Crippen LogP contribution in [0.25, 0.3) is 0 Å². The van der Waals surface area contributed by atoms with Crippen molar-refractivity contribution in [2.24, 2.45) is 0 Å². The van der Waals surface area contributed by atoms with Gasteiger partial charge in [-0.05, 0) is 29.8 Å². The SMILES string of the molecule is COC(=O)c1ccc(CNC(=O)C[NH+](Cc2ccc(F)cc2)C2CC2)cc1. The molecular formula is C21H24FN2O3+. The molecule has 0 saturated heterocycles. The van der Waals surface area contributed by atoms with Crippen molar-refractivity contribution in [3.05, 3.63) is 71.0 Å². The normalized spacial score (nSPS) is 14.4. The van der Waals surface area contributed by atoms with Gasteiger partial charge in [-0.15, -0.1) is 0 Å². The molecule has 1 atom stereocenters. The summed E-state index contributed by atoms with van der Waals surface area (Å²) >= 11 is 0. The summed E-state index contributed by atoms with van der Waals surface area (Å²) in [5, 5.41) is 2.93. The van der Waals surface area contributed by atoms with E-state index in [-0.39, 0.29) is 17.7 Å². The average Bonchev–Trinajstić information content (AvgIpc) is 3.52. The number of methoxy groups -OCH3 is 1. The van der Waals surface area contributed by atoms with E-state index in [1.54, 1.807) is 36.4 Å². The zero-order valence-electron chi connectivity index (χ0n) is 15.3. The third-order valence-corrected chi connectivity index (χ3v) is 4.75. The molecule has 2 aromatic rings. The van der Waals surface area contributed by atoms with E-state index < -0.39 is 0 Å². The molecule has 3 rings (SSSR count). The molecule has 1 aliphatic rings. The summed E-state index contributed by atoms with van der Waals surface area (Å²) in [6, 6.07) is 13.9. The van der Waals surface area contributed by atoms with Crippen molar-refractivity contribution < 1.29 is 23.6 Å². The molecule has 0 aromatic heterocycles. The molecule has 2 aromatic carbocycles. The summed E-state index contributed by atoms with van der Waals surface area (Å²) in [6.45, 7) is 1.52. The Morgan fingerprint density at radius 3 is 2.30 bits per heavy atom. The van der Waals surface area contributed by atoms with E-state index in [0.29, 0.717) is 31.2 Å². The second-order valence-corrected chi connectivity index (χ2v) is 6.88. The number of rotatable bonds is 8. The van der Waals surface area contributed by atoms with E-state index in [0.717, 1.165) is 24.0 Å². The molecule has 1 saturated carbocycles. The largest absolute Gasteiger partial charge is 0.465 e. The molecule has 5 nitrogen and oxygen atoms in total. The van der Waals surface area contributed by atoms with Gasteiger partial charge in [-0.25, -0.2) is 9.18 Å². The van der Waals surface area contributed by atoms with Crippen molar-refractivity contribution in [3.8, 4) is 0 Å². The number of carbonyl (C=O) groups is 2. The van der Waals surface area contributed by atoms with Crippen LogP contribution in [0.1, 0.15) is 34.3 Å². The Morgan fingerprint density at radius 1 is 1.07 bits per heavy atom. The molecular weight excluding hydrogens is 347 g/mol. The lowest BCUT2D eigenvalue weighted by atomic mass is 10.1. The molecule has 27 heavy (non-hydrogen) atoms. The lowest BCUT2D eigenvalue weighted by molar-refractivity contribution is -0.917. The number of carbonyl (C=O) groups excluding carboxylic acids is 2. The van der Waals surface area contributed by atoms with Gasteiger partial charge in [-0.1, -0.05) is 24.3 Å². The van der Waals surface area contributed by atoms with Crippen LogP contribution in [0.2, 0.25) is 0 Å². The average molecular weight is 371 g/mol. The highest BCUT2D eigenvalue weighted by molar-refractivity contribution is 5.89. The molecule has 0 radical (unpaired) electrons. The van der Waals surface area contributed by atoms with Gasteiger partial charge in [0.25, 0.3) is 5.91 Å². The van der Waals surface area contributed by atoms with Crippen LogP contribution >= 0.6 is 0 Å². The molecule has 1 amide bonds. The number of ether oxygens (including phenoxy) is 1. The van der Waals surface area contributed by atoms with Crippen LogP contribution in [-0.4, -0.2) is 31.6 Å². The molecule has 0 bridgehead atoms. The van der Waals surface area contributed by atoms with Crippen LogP contribution in [-0.2, 0) is 22.6 Å². The van der Waals surface area contributed by atoms with Crippen molar-refractivity contribution >= 4 is 11.9 Å². The van der Waals surface area contributed by atoms with Crippen molar-refractivity contribution in [2.75, 3.05) is 13.7 Å². The Morgan fingerprint density at radius 2 is 1.70 bits per heavy atom. The van der Waals surface area contributed by atoms with Gasteiger partial charge in [0.2, 0.25) is 0 Å². The van der Waals surface area contributed by atoms with Crippen LogP contribution in [0.15, 0.2) is 48.5 Å². The van der Waals surface area contributed by atoms with E-state index in [4.69, 9.17) is 0 Å². The zero-order chi connectivity index (χ0) is 19.2. The topological polar surface area (TPSA) is 59.8 Å². The second-order valence-electron chi connectivity index (χ2n) is 6.88. The number of hydrogen-bond acceptors (Lipinski definition) is 3. The van der Waals surface area contributed by atoms with Crippen LogP contribution in [0.5, 0.6) is 0 Å². The number of amides is 1. The van der Waals surface area contributed by atoms with Crippen LogP contribution < -0.4 is 10.2 Å². The maximum Gasteiger partial charge on any atom is 0.337 e. The molecule has 1 aliphatic carbocycles. The standard InChI is InChI=1S/C21H23FN2O3/c1-27-21(26)17-6-2-15(3-7-17)12-23-20(25)14-24(19-10-11-19)13-16-4-8-18(22)9-5-16/h2-9,19H,10-14H2,1H3,(H,23,25)/p+1. The molecule has 6 heteroatoms. The Kier molecular flexibility index (Phi) is 6.19. The smallest absolute Gasteiger partial charge is 0.337 e. The summed E-state index contributed by atoms with van der Waals surface area (Å²) in [5.41, 5.74) is 2.43. The van der Waals surface area contributed by atoms with Gasteiger partial charge >= 0.3 is 5.97 Å². The number of halogens is 1. The Balaban J connectivity index is 1.51. The van der Waals surface area contributed by atoms with E-state index in [1.165, 1.54) is 24.1 Å². The summed E-state index contributed by atoms with van der Waals surface area (Å²) in [4.78, 5) is 25.0. The van der Waals surface area contributed by atoms with Crippen LogP contribution in [0.4, 0.5) is 4.39 Å². The highest BCUT2D eigenvalue weighted by Crippen LogP contribution is 2.16. The first-order valence-corrected chi connectivity index (χ1v) is 9.08. The monoisotopic (exact) mass is 371 g/mol. The van der Waals surface area contributed by atoms with Crippen molar-refractivity contribution in [2.45, 2.75) is 32.0 Å². The lowest BCUT2D eigenvalue weighted by Gasteiger charge is -2.19. The minimum absolute atomic E-state index is 0.0175. The van der Waals surface area contributed by atoms with Gasteiger partial charge in [-0.3, -0.25) is 4.79 Å². The molecule has 0 heterocycles. The highest BCUT2D eigenvalue weighted by atomic mass is 19.1. The predicted molar refractivity (Wildman–Crippen MR) is 98.6 cm³/mol. The summed E-state index contributed by atoms with van der Waals surface area (Å²) in [6.07, 6.45) is 2.25. The van der Waals surface area contributed by atoms with E-state index >= 15 is 0 Å². The first-order chi connectivity index (χ1) is 13.0. The van der Waals surface area contributed by atoms with E-state index in [1.807, 2.05) is 0 Å². The maximum absolute atomic E-state index is 13.1. The Labute approximate surface area is 158 Å². The fourth-order valence-corrected chi connectivity index (χ4v) is 3.05. The fourth-order valence-electron chi connectivity index (χ4n) is 3.05. The predicted octanol–water partition coefficient (Wildman–Crippen LogP) is 1.48. The van der Waals surface area contributed by atoms with Crippen LogP contribution in [0.3, 0.4) is 0 Å². The molecule has 2 N–H and O–H groups in total. The van der Waals surface area contributed by atoms with Gasteiger partial charge in [0.1, 0.15) is 12.4 Å². The number of nitrogens with one attached hydrogen (secondary N) is 2. The van der Waals surface area contributed by atoms with Crippen molar-refractivity contribution in [1.82, 2.24) is 5.32 Å². The molecule has 1 unspecified atom stereocenters. The van der Waals surface area contributed by atoms with E-state index in [9.17, 15) is 14.0 Å². The Hall–Kier alpha value is -2.73. The summed E-state index contributed by atoms with van der Waals surface area (Å²) < 4.78 is 17.7.